The number of hydrogen-bond acceptors (Lipinski definition) is 3. The maximum absolute atomic E-state index is 12.0. The number of ether oxygens (including phenoxy) is 1. The quantitative estimate of drug-likeness (QED) is 0.704. The number of nitrogens with one attached hydrogen (secondary N) is 1. The Balaban J connectivity index is 1.46. The molecular formula is C21H21NO3. The van der Waals surface area contributed by atoms with Gasteiger partial charge in [-0.1, -0.05) is 42.5 Å². The molecule has 1 aromatic heterocycles. The summed E-state index contributed by atoms with van der Waals surface area (Å²) in [5.41, 5.74) is 2.08. The fourth-order valence-electron chi connectivity index (χ4n) is 2.54. The molecule has 1 heterocycles. The van der Waals surface area contributed by atoms with Gasteiger partial charge in [-0.2, -0.15) is 0 Å². The summed E-state index contributed by atoms with van der Waals surface area (Å²) in [5.74, 6) is 2.46. The van der Waals surface area contributed by atoms with Crippen LogP contribution < -0.4 is 10.1 Å². The summed E-state index contributed by atoms with van der Waals surface area (Å²) >= 11 is 0. The number of methoxy groups -OCH3 is 1. The van der Waals surface area contributed by atoms with Crippen molar-refractivity contribution in [2.24, 2.45) is 0 Å². The predicted octanol–water partition coefficient (Wildman–Crippen LogP) is 4.20. The molecule has 0 bridgehead atoms. The average Bonchev–Trinajstić information content (AvgIpc) is 3.15. The van der Waals surface area contributed by atoms with Crippen molar-refractivity contribution >= 4 is 5.91 Å². The summed E-state index contributed by atoms with van der Waals surface area (Å²) in [6.07, 6.45) is 0.985. The van der Waals surface area contributed by atoms with Crippen LogP contribution in [0.5, 0.6) is 5.75 Å². The first-order chi connectivity index (χ1) is 12.2. The standard InChI is InChI=1S/C21H21NO3/c1-24-18-9-7-16(8-10-18)15-22-21(23)14-12-19-11-13-20(25-19)17-5-3-2-4-6-17/h2-11,13H,12,14-15H2,1H3,(H,22,23). The summed E-state index contributed by atoms with van der Waals surface area (Å²) in [6.45, 7) is 0.510. The number of hydrogen-bond donors (Lipinski definition) is 1. The van der Waals surface area contributed by atoms with E-state index in [1.807, 2.05) is 66.7 Å². The molecule has 3 aromatic rings. The van der Waals surface area contributed by atoms with Crippen molar-refractivity contribution < 1.29 is 13.9 Å². The van der Waals surface area contributed by atoms with E-state index in [4.69, 9.17) is 9.15 Å². The van der Waals surface area contributed by atoms with Gasteiger partial charge in [-0.3, -0.25) is 4.79 Å². The minimum atomic E-state index is 0.00785. The van der Waals surface area contributed by atoms with E-state index in [0.717, 1.165) is 28.4 Å². The van der Waals surface area contributed by atoms with E-state index in [1.54, 1.807) is 7.11 Å². The van der Waals surface area contributed by atoms with Gasteiger partial charge in [0.1, 0.15) is 17.3 Å². The van der Waals surface area contributed by atoms with Gasteiger partial charge >= 0.3 is 0 Å². The average molecular weight is 335 g/mol. The van der Waals surface area contributed by atoms with Crippen LogP contribution in [0.1, 0.15) is 17.7 Å². The zero-order valence-electron chi connectivity index (χ0n) is 14.2. The molecule has 0 unspecified atom stereocenters. The van der Waals surface area contributed by atoms with Gasteiger partial charge in [0.2, 0.25) is 5.91 Å². The Kier molecular flexibility index (Phi) is 5.52. The Hall–Kier alpha value is -3.01. The van der Waals surface area contributed by atoms with Crippen molar-refractivity contribution in [3.8, 4) is 17.1 Å². The van der Waals surface area contributed by atoms with Gasteiger partial charge in [-0.05, 0) is 29.8 Å². The van der Waals surface area contributed by atoms with Crippen molar-refractivity contribution in [3.05, 3.63) is 78.1 Å². The number of carbonyl (C=O) groups excluding carboxylic acids is 1. The minimum absolute atomic E-state index is 0.00785. The number of amides is 1. The Labute approximate surface area is 147 Å². The van der Waals surface area contributed by atoms with Gasteiger partial charge in [0.15, 0.2) is 0 Å². The smallest absolute Gasteiger partial charge is 0.220 e. The maximum atomic E-state index is 12.0. The predicted molar refractivity (Wildman–Crippen MR) is 97.3 cm³/mol. The first-order valence-electron chi connectivity index (χ1n) is 8.28. The SMILES string of the molecule is COc1ccc(CNC(=O)CCc2ccc(-c3ccccc3)o2)cc1. The molecule has 0 aliphatic heterocycles. The van der Waals surface area contributed by atoms with E-state index >= 15 is 0 Å². The van der Waals surface area contributed by atoms with Crippen LogP contribution in [0.3, 0.4) is 0 Å². The largest absolute Gasteiger partial charge is 0.497 e. The highest BCUT2D eigenvalue weighted by atomic mass is 16.5. The normalized spacial score (nSPS) is 10.4. The van der Waals surface area contributed by atoms with Gasteiger partial charge in [0.25, 0.3) is 0 Å². The first-order valence-corrected chi connectivity index (χ1v) is 8.28. The molecule has 4 nitrogen and oxygen atoms in total. The van der Waals surface area contributed by atoms with E-state index in [2.05, 4.69) is 5.32 Å². The van der Waals surface area contributed by atoms with E-state index in [0.29, 0.717) is 19.4 Å². The van der Waals surface area contributed by atoms with Crippen LogP contribution in [-0.4, -0.2) is 13.0 Å². The lowest BCUT2D eigenvalue weighted by atomic mass is 10.2. The summed E-state index contributed by atoms with van der Waals surface area (Å²) in [7, 11) is 1.63. The molecule has 0 radical (unpaired) electrons. The Bertz CT molecular complexity index is 807. The molecule has 0 fully saturated rings. The molecule has 0 saturated heterocycles. The summed E-state index contributed by atoms with van der Waals surface area (Å²) < 4.78 is 10.9. The lowest BCUT2D eigenvalue weighted by molar-refractivity contribution is -0.121. The van der Waals surface area contributed by atoms with E-state index < -0.39 is 0 Å². The van der Waals surface area contributed by atoms with Crippen molar-refractivity contribution in [1.82, 2.24) is 5.32 Å². The highest BCUT2D eigenvalue weighted by Gasteiger charge is 2.07. The molecule has 3 rings (SSSR count). The number of rotatable bonds is 7. The van der Waals surface area contributed by atoms with Gasteiger partial charge in [-0.15, -0.1) is 0 Å². The van der Waals surface area contributed by atoms with E-state index in [-0.39, 0.29) is 5.91 Å². The molecule has 4 heteroatoms. The summed E-state index contributed by atoms with van der Waals surface area (Å²) in [4.78, 5) is 12.0. The van der Waals surface area contributed by atoms with Crippen LogP contribution in [0.4, 0.5) is 0 Å². The lowest BCUT2D eigenvalue weighted by Crippen LogP contribution is -2.22. The number of benzene rings is 2. The molecule has 25 heavy (non-hydrogen) atoms. The van der Waals surface area contributed by atoms with Crippen molar-refractivity contribution in [2.45, 2.75) is 19.4 Å². The van der Waals surface area contributed by atoms with Gasteiger partial charge < -0.3 is 14.5 Å². The third-order valence-corrected chi connectivity index (χ3v) is 3.97. The topological polar surface area (TPSA) is 51.5 Å². The molecular weight excluding hydrogens is 314 g/mol. The van der Waals surface area contributed by atoms with Gasteiger partial charge in [0, 0.05) is 24.9 Å². The Morgan fingerprint density at radius 3 is 2.48 bits per heavy atom. The summed E-state index contributed by atoms with van der Waals surface area (Å²) in [5, 5.41) is 2.92. The molecule has 1 N–H and O–H groups in total. The Morgan fingerprint density at radius 2 is 1.76 bits per heavy atom. The second kappa shape index (κ2) is 8.20. The molecule has 2 aromatic carbocycles. The molecule has 0 atom stereocenters. The maximum Gasteiger partial charge on any atom is 0.220 e. The lowest BCUT2D eigenvalue weighted by Gasteiger charge is -2.06. The van der Waals surface area contributed by atoms with Crippen LogP contribution in [0.15, 0.2) is 71.1 Å². The highest BCUT2D eigenvalue weighted by molar-refractivity contribution is 5.76. The third-order valence-electron chi connectivity index (χ3n) is 3.97. The summed E-state index contributed by atoms with van der Waals surface area (Å²) in [6, 6.07) is 21.5. The minimum Gasteiger partial charge on any atom is -0.497 e. The first kappa shape index (κ1) is 16.8. The van der Waals surface area contributed by atoms with Crippen molar-refractivity contribution in [3.63, 3.8) is 0 Å². The zero-order valence-corrected chi connectivity index (χ0v) is 14.2. The van der Waals surface area contributed by atoms with Crippen molar-refractivity contribution in [1.29, 1.82) is 0 Å². The fourth-order valence-corrected chi connectivity index (χ4v) is 2.54. The second-order valence-corrected chi connectivity index (χ2v) is 5.76. The van der Waals surface area contributed by atoms with E-state index in [9.17, 15) is 4.79 Å². The van der Waals surface area contributed by atoms with Crippen LogP contribution in [0.25, 0.3) is 11.3 Å². The number of furan rings is 1. The molecule has 0 saturated carbocycles. The second-order valence-electron chi connectivity index (χ2n) is 5.76. The molecule has 0 aliphatic rings. The van der Waals surface area contributed by atoms with Crippen LogP contribution in [0.2, 0.25) is 0 Å². The fraction of sp³-hybridized carbons (Fsp3) is 0.190. The monoisotopic (exact) mass is 335 g/mol. The van der Waals surface area contributed by atoms with Crippen LogP contribution in [0, 0.1) is 0 Å². The Morgan fingerprint density at radius 1 is 1.00 bits per heavy atom. The van der Waals surface area contributed by atoms with Gasteiger partial charge in [-0.25, -0.2) is 0 Å². The molecule has 0 aliphatic carbocycles. The van der Waals surface area contributed by atoms with Crippen LogP contribution >= 0.6 is 0 Å². The molecule has 0 spiro atoms. The molecule has 128 valence electrons. The molecule has 1 amide bonds. The third kappa shape index (κ3) is 4.73. The highest BCUT2D eigenvalue weighted by Crippen LogP contribution is 2.22. The van der Waals surface area contributed by atoms with Crippen LogP contribution in [-0.2, 0) is 17.8 Å². The van der Waals surface area contributed by atoms with Crippen molar-refractivity contribution in [2.75, 3.05) is 7.11 Å². The van der Waals surface area contributed by atoms with E-state index in [1.165, 1.54) is 0 Å². The zero-order chi connectivity index (χ0) is 17.5. The number of aryl methyl sites for hydroxylation is 1. The van der Waals surface area contributed by atoms with Gasteiger partial charge in [0.05, 0.1) is 7.11 Å². The number of carbonyl (C=O) groups is 1.